The fourth-order valence-corrected chi connectivity index (χ4v) is 2.65. The molecule has 0 aliphatic heterocycles. The Morgan fingerprint density at radius 3 is 2.67 bits per heavy atom. The maximum absolute atomic E-state index is 4.66. The molecule has 1 fully saturated rings. The van der Waals surface area contributed by atoms with Crippen molar-refractivity contribution in [3.8, 4) is 0 Å². The first-order valence-corrected chi connectivity index (χ1v) is 6.89. The highest BCUT2D eigenvalue weighted by atomic mass is 15.2. The van der Waals surface area contributed by atoms with Crippen LogP contribution >= 0.6 is 0 Å². The molecule has 2 rings (SSSR count). The molecule has 1 saturated carbocycles. The highest BCUT2D eigenvalue weighted by Gasteiger charge is 2.22. The molecule has 0 bridgehead atoms. The molecule has 100 valence electrons. The van der Waals surface area contributed by atoms with Gasteiger partial charge in [0.1, 0.15) is 5.82 Å². The van der Waals surface area contributed by atoms with Gasteiger partial charge in [-0.2, -0.15) is 0 Å². The van der Waals surface area contributed by atoms with E-state index in [4.69, 9.17) is 0 Å². The molecule has 18 heavy (non-hydrogen) atoms. The normalized spacial score (nSPS) is 23.9. The van der Waals surface area contributed by atoms with Crippen molar-refractivity contribution < 1.29 is 0 Å². The SMILES string of the molecule is CNCc1cncc(N(C)C2CCC(C)CC2)n1. The van der Waals surface area contributed by atoms with Gasteiger partial charge in [0.2, 0.25) is 0 Å². The zero-order chi connectivity index (χ0) is 13.0. The second-order valence-corrected chi connectivity index (χ2v) is 5.42. The predicted molar refractivity (Wildman–Crippen MR) is 74.6 cm³/mol. The summed E-state index contributed by atoms with van der Waals surface area (Å²) in [4.78, 5) is 11.3. The Balaban J connectivity index is 2.03. The lowest BCUT2D eigenvalue weighted by atomic mass is 9.87. The van der Waals surface area contributed by atoms with Crippen LogP contribution in [-0.2, 0) is 6.54 Å². The summed E-state index contributed by atoms with van der Waals surface area (Å²) < 4.78 is 0. The highest BCUT2D eigenvalue weighted by Crippen LogP contribution is 2.28. The fraction of sp³-hybridized carbons (Fsp3) is 0.714. The number of aromatic nitrogens is 2. The van der Waals surface area contributed by atoms with Gasteiger partial charge in [-0.05, 0) is 38.6 Å². The zero-order valence-corrected chi connectivity index (χ0v) is 11.7. The number of hydrogen-bond acceptors (Lipinski definition) is 4. The lowest BCUT2D eigenvalue weighted by Gasteiger charge is -2.34. The van der Waals surface area contributed by atoms with E-state index in [2.05, 4.69) is 34.2 Å². The van der Waals surface area contributed by atoms with Crippen LogP contribution in [0.5, 0.6) is 0 Å². The first kappa shape index (κ1) is 13.3. The van der Waals surface area contributed by atoms with E-state index >= 15 is 0 Å². The first-order chi connectivity index (χ1) is 8.70. The smallest absolute Gasteiger partial charge is 0.147 e. The predicted octanol–water partition coefficient (Wildman–Crippen LogP) is 2.21. The summed E-state index contributed by atoms with van der Waals surface area (Å²) in [6.07, 6.45) is 8.91. The van der Waals surface area contributed by atoms with Crippen molar-refractivity contribution in [3.05, 3.63) is 18.1 Å². The number of nitrogens with zero attached hydrogens (tertiary/aromatic N) is 3. The Kier molecular flexibility index (Phi) is 4.53. The van der Waals surface area contributed by atoms with E-state index in [1.54, 1.807) is 0 Å². The lowest BCUT2D eigenvalue weighted by Crippen LogP contribution is -2.35. The molecule has 1 aromatic heterocycles. The summed E-state index contributed by atoms with van der Waals surface area (Å²) in [5.41, 5.74) is 1.01. The summed E-state index contributed by atoms with van der Waals surface area (Å²) in [5.74, 6) is 1.89. The molecule has 0 spiro atoms. The molecule has 0 atom stereocenters. The molecule has 0 aromatic carbocycles. The number of anilines is 1. The number of hydrogen-bond donors (Lipinski definition) is 1. The molecule has 0 radical (unpaired) electrons. The van der Waals surface area contributed by atoms with Crippen LogP contribution in [0.4, 0.5) is 5.82 Å². The second kappa shape index (κ2) is 6.14. The molecule has 1 N–H and O–H groups in total. The maximum atomic E-state index is 4.66. The summed E-state index contributed by atoms with van der Waals surface area (Å²) in [7, 11) is 4.08. The summed E-state index contributed by atoms with van der Waals surface area (Å²) in [5, 5.41) is 3.11. The van der Waals surface area contributed by atoms with Crippen molar-refractivity contribution in [2.45, 2.75) is 45.2 Å². The van der Waals surface area contributed by atoms with Crippen molar-refractivity contribution in [1.29, 1.82) is 0 Å². The van der Waals surface area contributed by atoms with Crippen molar-refractivity contribution >= 4 is 5.82 Å². The summed E-state index contributed by atoms with van der Waals surface area (Å²) in [6, 6.07) is 0.625. The maximum Gasteiger partial charge on any atom is 0.147 e. The Labute approximate surface area is 110 Å². The van der Waals surface area contributed by atoms with E-state index in [0.29, 0.717) is 6.04 Å². The number of rotatable bonds is 4. The van der Waals surface area contributed by atoms with Crippen LogP contribution in [0.15, 0.2) is 12.4 Å². The van der Waals surface area contributed by atoms with Gasteiger partial charge in [-0.25, -0.2) is 4.98 Å². The van der Waals surface area contributed by atoms with E-state index in [1.807, 2.05) is 19.4 Å². The van der Waals surface area contributed by atoms with Gasteiger partial charge in [0.25, 0.3) is 0 Å². The van der Waals surface area contributed by atoms with Crippen LogP contribution in [0.1, 0.15) is 38.3 Å². The van der Waals surface area contributed by atoms with E-state index in [0.717, 1.165) is 24.0 Å². The minimum Gasteiger partial charge on any atom is -0.355 e. The van der Waals surface area contributed by atoms with Crippen molar-refractivity contribution in [1.82, 2.24) is 15.3 Å². The third kappa shape index (κ3) is 3.19. The molecule has 0 unspecified atom stereocenters. The Bertz CT molecular complexity index is 372. The minimum atomic E-state index is 0.625. The molecule has 4 heteroatoms. The van der Waals surface area contributed by atoms with Gasteiger partial charge in [-0.1, -0.05) is 6.92 Å². The summed E-state index contributed by atoms with van der Waals surface area (Å²) >= 11 is 0. The van der Waals surface area contributed by atoms with Gasteiger partial charge >= 0.3 is 0 Å². The van der Waals surface area contributed by atoms with Gasteiger partial charge in [-0.15, -0.1) is 0 Å². The van der Waals surface area contributed by atoms with E-state index in [-0.39, 0.29) is 0 Å². The van der Waals surface area contributed by atoms with Gasteiger partial charge in [0, 0.05) is 25.8 Å². The van der Waals surface area contributed by atoms with Gasteiger partial charge < -0.3 is 10.2 Å². The largest absolute Gasteiger partial charge is 0.355 e. The van der Waals surface area contributed by atoms with Crippen molar-refractivity contribution in [2.24, 2.45) is 5.92 Å². The van der Waals surface area contributed by atoms with Crippen LogP contribution in [0, 0.1) is 5.92 Å². The van der Waals surface area contributed by atoms with Gasteiger partial charge in [0.15, 0.2) is 0 Å². The lowest BCUT2D eigenvalue weighted by molar-refractivity contribution is 0.339. The Hall–Kier alpha value is -1.16. The molecular weight excluding hydrogens is 224 g/mol. The molecule has 1 aliphatic carbocycles. The molecule has 0 saturated heterocycles. The van der Waals surface area contributed by atoms with E-state index in [1.165, 1.54) is 25.7 Å². The third-order valence-corrected chi connectivity index (χ3v) is 3.92. The molecule has 1 heterocycles. The van der Waals surface area contributed by atoms with Gasteiger partial charge in [-0.3, -0.25) is 4.98 Å². The van der Waals surface area contributed by atoms with Crippen molar-refractivity contribution in [3.63, 3.8) is 0 Å². The topological polar surface area (TPSA) is 41.1 Å². The van der Waals surface area contributed by atoms with Crippen LogP contribution in [0.2, 0.25) is 0 Å². The number of nitrogens with one attached hydrogen (secondary N) is 1. The average Bonchev–Trinajstić information content (AvgIpc) is 2.39. The van der Waals surface area contributed by atoms with E-state index in [9.17, 15) is 0 Å². The highest BCUT2D eigenvalue weighted by molar-refractivity contribution is 5.36. The Morgan fingerprint density at radius 1 is 1.28 bits per heavy atom. The molecule has 4 nitrogen and oxygen atoms in total. The first-order valence-electron chi connectivity index (χ1n) is 6.89. The second-order valence-electron chi connectivity index (χ2n) is 5.42. The van der Waals surface area contributed by atoms with E-state index < -0.39 is 0 Å². The minimum absolute atomic E-state index is 0.625. The molecule has 1 aliphatic rings. The monoisotopic (exact) mass is 248 g/mol. The Morgan fingerprint density at radius 2 is 2.00 bits per heavy atom. The standard InChI is InChI=1S/C14H24N4/c1-11-4-6-13(7-5-11)18(3)14-10-16-9-12(17-14)8-15-2/h9-11,13,15H,4-8H2,1-3H3. The fourth-order valence-electron chi connectivity index (χ4n) is 2.65. The molecule has 1 aromatic rings. The summed E-state index contributed by atoms with van der Waals surface area (Å²) in [6.45, 7) is 3.12. The zero-order valence-electron chi connectivity index (χ0n) is 11.7. The van der Waals surface area contributed by atoms with Crippen molar-refractivity contribution in [2.75, 3.05) is 19.0 Å². The third-order valence-electron chi connectivity index (χ3n) is 3.92. The molecular formula is C14H24N4. The quantitative estimate of drug-likeness (QED) is 0.887. The van der Waals surface area contributed by atoms with Crippen LogP contribution in [0.3, 0.4) is 0 Å². The molecule has 0 amide bonds. The van der Waals surface area contributed by atoms with Crippen LogP contribution < -0.4 is 10.2 Å². The van der Waals surface area contributed by atoms with Crippen LogP contribution in [-0.4, -0.2) is 30.1 Å². The van der Waals surface area contributed by atoms with Gasteiger partial charge in [0.05, 0.1) is 11.9 Å². The average molecular weight is 248 g/mol. The van der Waals surface area contributed by atoms with Crippen LogP contribution in [0.25, 0.3) is 0 Å².